The zero-order valence-corrected chi connectivity index (χ0v) is 12.2. The standard InChI is InChI=1S/C10H11N3O5.Na/c14-9(15)5-6-11-10(16)12-7-1-3-8(4-2-7)13(17)18;/h1-4H,5-6H2,(H,14,15)(H2,11,12,16);/q;+1/p-1. The number of non-ortho nitro benzene ring substituents is 1. The smallest absolute Gasteiger partial charge is 0.550 e. The van der Waals surface area contributed by atoms with Gasteiger partial charge in [0.15, 0.2) is 0 Å². The fourth-order valence-corrected chi connectivity index (χ4v) is 1.12. The van der Waals surface area contributed by atoms with E-state index < -0.39 is 16.9 Å². The molecule has 1 aromatic carbocycles. The second kappa shape index (κ2) is 8.46. The van der Waals surface area contributed by atoms with E-state index in [2.05, 4.69) is 10.6 Å². The van der Waals surface area contributed by atoms with Crippen molar-refractivity contribution in [3.05, 3.63) is 34.4 Å². The molecule has 2 amide bonds. The second-order valence-corrected chi connectivity index (χ2v) is 3.31. The number of anilines is 1. The number of carbonyl (C=O) groups excluding carboxylic acids is 2. The number of rotatable bonds is 5. The van der Waals surface area contributed by atoms with Gasteiger partial charge in [0.2, 0.25) is 0 Å². The van der Waals surface area contributed by atoms with E-state index in [9.17, 15) is 24.8 Å². The minimum atomic E-state index is -1.26. The summed E-state index contributed by atoms with van der Waals surface area (Å²) in [4.78, 5) is 31.2. The molecule has 0 aliphatic heterocycles. The molecule has 2 N–H and O–H groups in total. The van der Waals surface area contributed by atoms with Crippen molar-refractivity contribution in [2.24, 2.45) is 0 Å². The van der Waals surface area contributed by atoms with Crippen LogP contribution in [0.4, 0.5) is 16.2 Å². The maximum Gasteiger partial charge on any atom is 1.00 e. The van der Waals surface area contributed by atoms with Crippen LogP contribution in [0, 0.1) is 10.1 Å². The molecule has 96 valence electrons. The van der Waals surface area contributed by atoms with Gasteiger partial charge in [-0.3, -0.25) is 10.1 Å². The summed E-state index contributed by atoms with van der Waals surface area (Å²) >= 11 is 0. The van der Waals surface area contributed by atoms with Gasteiger partial charge in [0, 0.05) is 36.8 Å². The Bertz CT molecular complexity index is 463. The van der Waals surface area contributed by atoms with E-state index in [1.54, 1.807) is 0 Å². The van der Waals surface area contributed by atoms with Crippen LogP contribution in [-0.4, -0.2) is 23.5 Å². The number of nitrogens with one attached hydrogen (secondary N) is 2. The van der Waals surface area contributed by atoms with Crippen molar-refractivity contribution in [1.29, 1.82) is 0 Å². The van der Waals surface area contributed by atoms with Crippen molar-refractivity contribution >= 4 is 23.4 Å². The Kier molecular flexibility index (Phi) is 7.73. The van der Waals surface area contributed by atoms with E-state index in [-0.39, 0.29) is 48.2 Å². The quantitative estimate of drug-likeness (QED) is 0.334. The molecule has 0 fully saturated rings. The molecule has 0 heterocycles. The summed E-state index contributed by atoms with van der Waals surface area (Å²) in [6.07, 6.45) is -0.284. The number of urea groups is 1. The predicted molar refractivity (Wildman–Crippen MR) is 59.7 cm³/mol. The van der Waals surface area contributed by atoms with E-state index in [1.165, 1.54) is 24.3 Å². The Morgan fingerprint density at radius 1 is 1.21 bits per heavy atom. The van der Waals surface area contributed by atoms with Crippen LogP contribution in [0.25, 0.3) is 0 Å². The van der Waals surface area contributed by atoms with Gasteiger partial charge in [-0.2, -0.15) is 0 Å². The van der Waals surface area contributed by atoms with Gasteiger partial charge in [0.1, 0.15) is 0 Å². The molecule has 1 rings (SSSR count). The van der Waals surface area contributed by atoms with Crippen molar-refractivity contribution in [3.8, 4) is 0 Å². The maximum absolute atomic E-state index is 11.2. The molecule has 0 saturated heterocycles. The van der Waals surface area contributed by atoms with Crippen LogP contribution in [0.3, 0.4) is 0 Å². The first-order chi connectivity index (χ1) is 8.49. The van der Waals surface area contributed by atoms with Crippen molar-refractivity contribution < 1.29 is 49.2 Å². The number of amides is 2. The summed E-state index contributed by atoms with van der Waals surface area (Å²) < 4.78 is 0. The molecule has 0 bridgehead atoms. The number of carboxylic acid groups (broad SMARTS) is 1. The second-order valence-electron chi connectivity index (χ2n) is 3.31. The molecular formula is C10H10N3NaO5. The number of aliphatic carboxylic acids is 1. The summed E-state index contributed by atoms with van der Waals surface area (Å²) in [5.41, 5.74) is 0.282. The molecule has 0 radical (unpaired) electrons. The largest absolute Gasteiger partial charge is 1.00 e. The molecular weight excluding hydrogens is 265 g/mol. The first-order valence-corrected chi connectivity index (χ1v) is 4.98. The van der Waals surface area contributed by atoms with Crippen LogP contribution in [-0.2, 0) is 4.79 Å². The third-order valence-corrected chi connectivity index (χ3v) is 1.95. The van der Waals surface area contributed by atoms with Crippen LogP contribution in [0.5, 0.6) is 0 Å². The Morgan fingerprint density at radius 2 is 1.79 bits per heavy atom. The summed E-state index contributed by atoms with van der Waals surface area (Å²) in [7, 11) is 0. The van der Waals surface area contributed by atoms with Crippen molar-refractivity contribution in [3.63, 3.8) is 0 Å². The van der Waals surface area contributed by atoms with E-state index in [0.717, 1.165) is 0 Å². The number of hydrogen-bond acceptors (Lipinski definition) is 5. The van der Waals surface area contributed by atoms with Gasteiger partial charge in [-0.05, 0) is 12.1 Å². The number of carbonyl (C=O) groups is 2. The molecule has 0 aliphatic carbocycles. The van der Waals surface area contributed by atoms with Crippen molar-refractivity contribution in [2.45, 2.75) is 6.42 Å². The monoisotopic (exact) mass is 275 g/mol. The van der Waals surface area contributed by atoms with Crippen LogP contribution >= 0.6 is 0 Å². The zero-order valence-electron chi connectivity index (χ0n) is 10.2. The van der Waals surface area contributed by atoms with E-state index in [1.807, 2.05) is 0 Å². The van der Waals surface area contributed by atoms with Crippen LogP contribution in [0.1, 0.15) is 6.42 Å². The van der Waals surface area contributed by atoms with Crippen LogP contribution < -0.4 is 45.3 Å². The summed E-state index contributed by atoms with van der Waals surface area (Å²) in [6, 6.07) is 4.64. The molecule has 0 spiro atoms. The SMILES string of the molecule is O=C([O-])CCNC(=O)Nc1ccc([N+](=O)[O-])cc1.[Na+]. The minimum absolute atomic E-state index is 0. The Balaban J connectivity index is 0.00000324. The van der Waals surface area contributed by atoms with Gasteiger partial charge in [0.05, 0.1) is 4.92 Å². The first-order valence-electron chi connectivity index (χ1n) is 4.98. The average Bonchev–Trinajstić information content (AvgIpc) is 2.29. The van der Waals surface area contributed by atoms with E-state index in [0.29, 0.717) is 5.69 Å². The van der Waals surface area contributed by atoms with Crippen LogP contribution in [0.2, 0.25) is 0 Å². The molecule has 0 saturated carbocycles. The van der Waals surface area contributed by atoms with E-state index in [4.69, 9.17) is 0 Å². The third kappa shape index (κ3) is 6.75. The Morgan fingerprint density at radius 3 is 2.26 bits per heavy atom. The van der Waals surface area contributed by atoms with Gasteiger partial charge in [-0.25, -0.2) is 4.79 Å². The maximum atomic E-state index is 11.2. The normalized spacial score (nSPS) is 9.05. The molecule has 0 atom stereocenters. The third-order valence-electron chi connectivity index (χ3n) is 1.95. The topological polar surface area (TPSA) is 124 Å². The summed E-state index contributed by atoms with van der Waals surface area (Å²) in [5.74, 6) is -1.26. The molecule has 8 nitrogen and oxygen atoms in total. The first kappa shape index (κ1) is 17.4. The molecule has 0 aromatic heterocycles. The molecule has 0 aliphatic rings. The van der Waals surface area contributed by atoms with Gasteiger partial charge in [-0.1, -0.05) is 0 Å². The van der Waals surface area contributed by atoms with Crippen molar-refractivity contribution in [2.75, 3.05) is 11.9 Å². The number of hydrogen-bond donors (Lipinski definition) is 2. The Hall–Kier alpha value is -1.64. The molecule has 0 unspecified atom stereocenters. The Labute approximate surface area is 130 Å². The fraction of sp³-hybridized carbons (Fsp3) is 0.200. The number of carboxylic acids is 1. The number of nitro benzene ring substituents is 1. The summed E-state index contributed by atoms with van der Waals surface area (Å²) in [5, 5.41) is 25.2. The number of nitro groups is 1. The van der Waals surface area contributed by atoms with Gasteiger partial charge < -0.3 is 20.5 Å². The number of nitrogens with zero attached hydrogens (tertiary/aromatic N) is 1. The van der Waals surface area contributed by atoms with Crippen LogP contribution in [0.15, 0.2) is 24.3 Å². The van der Waals surface area contributed by atoms with Gasteiger partial charge >= 0.3 is 35.6 Å². The minimum Gasteiger partial charge on any atom is -0.550 e. The average molecular weight is 275 g/mol. The predicted octanol–water partition coefficient (Wildman–Crippen LogP) is -3.14. The summed E-state index contributed by atoms with van der Waals surface area (Å²) in [6.45, 7) is -0.0544. The van der Waals surface area contributed by atoms with Crippen molar-refractivity contribution in [1.82, 2.24) is 5.32 Å². The molecule has 1 aromatic rings. The van der Waals surface area contributed by atoms with Gasteiger partial charge in [0.25, 0.3) is 5.69 Å². The number of benzene rings is 1. The fourth-order valence-electron chi connectivity index (χ4n) is 1.12. The molecule has 19 heavy (non-hydrogen) atoms. The zero-order chi connectivity index (χ0) is 13.5. The van der Waals surface area contributed by atoms with E-state index >= 15 is 0 Å². The van der Waals surface area contributed by atoms with Gasteiger partial charge in [-0.15, -0.1) is 0 Å². The molecule has 9 heteroatoms.